The molecule has 3 rings (SSSR count). The van der Waals surface area contributed by atoms with Crippen molar-refractivity contribution in [3.05, 3.63) is 29.8 Å². The average Bonchev–Trinajstić information content (AvgIpc) is 2.51. The standard InChI is InChI=1S/C15H12O9S2/c1-6-11(26(22,23)24)5-10(16)13-12(6)14(17)8-3-2-7(25(19,20)21)4-9(8)15(13)18/h2-5,16-18H,1H3,(H,19,20,21)(H,22,23,24). The molecule has 9 nitrogen and oxygen atoms in total. The van der Waals surface area contributed by atoms with Gasteiger partial charge in [-0.2, -0.15) is 16.8 Å². The molecule has 138 valence electrons. The number of aryl methyl sites for hydroxylation is 1. The minimum Gasteiger partial charge on any atom is -0.507 e. The van der Waals surface area contributed by atoms with Crippen molar-refractivity contribution in [1.29, 1.82) is 0 Å². The van der Waals surface area contributed by atoms with Crippen LogP contribution in [0.1, 0.15) is 5.56 Å². The number of aromatic hydroxyl groups is 3. The Morgan fingerprint density at radius 1 is 0.769 bits per heavy atom. The fourth-order valence-electron chi connectivity index (χ4n) is 2.90. The van der Waals surface area contributed by atoms with Gasteiger partial charge in [0.25, 0.3) is 20.2 Å². The van der Waals surface area contributed by atoms with Crippen LogP contribution in [0.2, 0.25) is 0 Å². The maximum atomic E-state index is 11.5. The molecule has 0 heterocycles. The minimum atomic E-state index is -4.72. The van der Waals surface area contributed by atoms with Gasteiger partial charge >= 0.3 is 0 Å². The predicted octanol–water partition coefficient (Wildman–Crippen LogP) is 1.91. The molecule has 0 saturated carbocycles. The maximum Gasteiger partial charge on any atom is 0.294 e. The topological polar surface area (TPSA) is 169 Å². The lowest BCUT2D eigenvalue weighted by atomic mass is 9.97. The number of rotatable bonds is 2. The average molecular weight is 400 g/mol. The molecule has 26 heavy (non-hydrogen) atoms. The second kappa shape index (κ2) is 5.45. The fraction of sp³-hybridized carbons (Fsp3) is 0.0667. The summed E-state index contributed by atoms with van der Waals surface area (Å²) >= 11 is 0. The highest BCUT2D eigenvalue weighted by Crippen LogP contribution is 2.48. The van der Waals surface area contributed by atoms with E-state index in [4.69, 9.17) is 4.55 Å². The highest BCUT2D eigenvalue weighted by atomic mass is 32.2. The van der Waals surface area contributed by atoms with Crippen molar-refractivity contribution in [3.8, 4) is 17.2 Å². The molecule has 0 aromatic heterocycles. The van der Waals surface area contributed by atoms with Crippen molar-refractivity contribution in [3.63, 3.8) is 0 Å². The van der Waals surface area contributed by atoms with Gasteiger partial charge in [-0.1, -0.05) is 0 Å². The second-order valence-corrected chi connectivity index (χ2v) is 8.44. The third-order valence-corrected chi connectivity index (χ3v) is 5.90. The Bertz CT molecular complexity index is 1310. The van der Waals surface area contributed by atoms with Crippen molar-refractivity contribution in [2.24, 2.45) is 0 Å². The Hall–Kier alpha value is -2.60. The van der Waals surface area contributed by atoms with E-state index in [1.54, 1.807) is 0 Å². The molecule has 5 N–H and O–H groups in total. The molecular formula is C15H12O9S2. The molecule has 3 aromatic carbocycles. The van der Waals surface area contributed by atoms with Crippen molar-refractivity contribution < 1.29 is 41.3 Å². The smallest absolute Gasteiger partial charge is 0.294 e. The molecule has 0 unspecified atom stereocenters. The number of hydrogen-bond acceptors (Lipinski definition) is 7. The van der Waals surface area contributed by atoms with Crippen LogP contribution in [-0.4, -0.2) is 41.3 Å². The first-order chi connectivity index (χ1) is 11.8. The Labute approximate surface area is 147 Å². The number of hydrogen-bond donors (Lipinski definition) is 5. The Kier molecular flexibility index (Phi) is 3.81. The monoisotopic (exact) mass is 400 g/mol. The SMILES string of the molecule is Cc1c(S(=O)(=O)O)cc(O)c2c(O)c3cc(S(=O)(=O)O)ccc3c(O)c12. The molecule has 0 aliphatic heterocycles. The van der Waals surface area contributed by atoms with Gasteiger partial charge in [0, 0.05) is 22.2 Å². The summed E-state index contributed by atoms with van der Waals surface area (Å²) in [7, 11) is -9.31. The summed E-state index contributed by atoms with van der Waals surface area (Å²) in [5, 5.41) is 30.3. The van der Waals surface area contributed by atoms with Gasteiger partial charge in [0.2, 0.25) is 0 Å². The summed E-state index contributed by atoms with van der Waals surface area (Å²) in [6.07, 6.45) is 0. The van der Waals surface area contributed by atoms with Crippen molar-refractivity contribution in [2.45, 2.75) is 16.7 Å². The zero-order valence-electron chi connectivity index (χ0n) is 13.0. The van der Waals surface area contributed by atoms with Crippen LogP contribution in [0.15, 0.2) is 34.1 Å². The summed E-state index contributed by atoms with van der Waals surface area (Å²) in [6, 6.07) is 3.67. The Balaban J connectivity index is 2.62. The molecule has 0 aliphatic carbocycles. The highest BCUT2D eigenvalue weighted by Gasteiger charge is 2.25. The van der Waals surface area contributed by atoms with Crippen LogP contribution in [0, 0.1) is 6.92 Å². The molecule has 11 heteroatoms. The van der Waals surface area contributed by atoms with Gasteiger partial charge in [0.1, 0.15) is 22.1 Å². The van der Waals surface area contributed by atoms with Gasteiger partial charge in [0.05, 0.1) is 10.3 Å². The van der Waals surface area contributed by atoms with Gasteiger partial charge in [0.15, 0.2) is 0 Å². The Morgan fingerprint density at radius 2 is 1.35 bits per heavy atom. The molecule has 0 bridgehead atoms. The summed E-state index contributed by atoms with van der Waals surface area (Å²) in [5.74, 6) is -1.95. The predicted molar refractivity (Wildman–Crippen MR) is 90.8 cm³/mol. The van der Waals surface area contributed by atoms with Crippen LogP contribution in [0.5, 0.6) is 17.2 Å². The van der Waals surface area contributed by atoms with E-state index < -0.39 is 47.3 Å². The van der Waals surface area contributed by atoms with Crippen LogP contribution in [0.3, 0.4) is 0 Å². The first-order valence-electron chi connectivity index (χ1n) is 6.93. The molecule has 0 radical (unpaired) electrons. The lowest BCUT2D eigenvalue weighted by molar-refractivity contribution is 0.458. The zero-order chi connectivity index (χ0) is 19.6. The third kappa shape index (κ3) is 2.61. The molecule has 0 atom stereocenters. The molecule has 0 aliphatic rings. The van der Waals surface area contributed by atoms with E-state index in [1.807, 2.05) is 0 Å². The van der Waals surface area contributed by atoms with E-state index in [0.717, 1.165) is 18.2 Å². The lowest BCUT2D eigenvalue weighted by Crippen LogP contribution is -2.02. The number of benzene rings is 3. The van der Waals surface area contributed by atoms with Crippen molar-refractivity contribution in [1.82, 2.24) is 0 Å². The summed E-state index contributed by atoms with van der Waals surface area (Å²) in [5.41, 5.74) is -0.131. The normalized spacial score (nSPS) is 12.7. The minimum absolute atomic E-state index is 0.0580. The molecule has 3 aromatic rings. The number of phenolic OH excluding ortho intramolecular Hbond substituents is 3. The highest BCUT2D eigenvalue weighted by molar-refractivity contribution is 7.86. The zero-order valence-corrected chi connectivity index (χ0v) is 14.6. The van der Waals surface area contributed by atoms with Gasteiger partial charge < -0.3 is 15.3 Å². The second-order valence-electron chi connectivity index (χ2n) is 5.62. The van der Waals surface area contributed by atoms with E-state index in [1.165, 1.54) is 6.92 Å². The van der Waals surface area contributed by atoms with E-state index >= 15 is 0 Å². The van der Waals surface area contributed by atoms with Crippen LogP contribution in [-0.2, 0) is 20.2 Å². The van der Waals surface area contributed by atoms with Crippen LogP contribution >= 0.6 is 0 Å². The van der Waals surface area contributed by atoms with Crippen molar-refractivity contribution >= 4 is 41.8 Å². The molecule has 0 amide bonds. The summed E-state index contributed by atoms with van der Waals surface area (Å²) < 4.78 is 63.9. The van der Waals surface area contributed by atoms with Crippen LogP contribution < -0.4 is 0 Å². The van der Waals surface area contributed by atoms with E-state index in [2.05, 4.69) is 0 Å². The van der Waals surface area contributed by atoms with Gasteiger partial charge in [-0.15, -0.1) is 0 Å². The molecular weight excluding hydrogens is 388 g/mol. The van der Waals surface area contributed by atoms with Crippen LogP contribution in [0.25, 0.3) is 21.5 Å². The maximum absolute atomic E-state index is 11.5. The Morgan fingerprint density at radius 3 is 1.88 bits per heavy atom. The number of phenols is 3. The van der Waals surface area contributed by atoms with Gasteiger partial charge in [-0.25, -0.2) is 0 Å². The van der Waals surface area contributed by atoms with E-state index in [9.17, 15) is 36.7 Å². The van der Waals surface area contributed by atoms with Crippen molar-refractivity contribution in [2.75, 3.05) is 0 Å². The van der Waals surface area contributed by atoms with E-state index in [0.29, 0.717) is 6.07 Å². The quantitative estimate of drug-likeness (QED) is 0.245. The molecule has 0 spiro atoms. The largest absolute Gasteiger partial charge is 0.507 e. The first-order valence-corrected chi connectivity index (χ1v) is 9.81. The first kappa shape index (κ1) is 18.2. The van der Waals surface area contributed by atoms with Gasteiger partial charge in [-0.05, 0) is 30.7 Å². The molecule has 0 saturated heterocycles. The van der Waals surface area contributed by atoms with Crippen LogP contribution in [0.4, 0.5) is 0 Å². The third-order valence-electron chi connectivity index (χ3n) is 4.07. The lowest BCUT2D eigenvalue weighted by Gasteiger charge is -2.15. The summed E-state index contributed by atoms with van der Waals surface area (Å²) in [4.78, 5) is -1.21. The fourth-order valence-corrected chi connectivity index (χ4v) is 4.16. The van der Waals surface area contributed by atoms with Gasteiger partial charge in [-0.3, -0.25) is 9.11 Å². The molecule has 0 fully saturated rings. The van der Waals surface area contributed by atoms with E-state index in [-0.39, 0.29) is 27.1 Å². The number of fused-ring (bicyclic) bond motifs is 2. The summed E-state index contributed by atoms with van der Waals surface area (Å²) in [6.45, 7) is 1.25.